The third kappa shape index (κ3) is 3.62. The smallest absolute Gasteiger partial charge is 0.229 e. The van der Waals surface area contributed by atoms with Gasteiger partial charge >= 0.3 is 0 Å². The fraction of sp³-hybridized carbons (Fsp3) is 0.533. The van der Waals surface area contributed by atoms with Gasteiger partial charge in [0.25, 0.3) is 0 Å². The van der Waals surface area contributed by atoms with Crippen LogP contribution in [0, 0.1) is 5.92 Å². The zero-order chi connectivity index (χ0) is 14.1. The van der Waals surface area contributed by atoms with Gasteiger partial charge in [-0.15, -0.1) is 12.4 Å². The van der Waals surface area contributed by atoms with E-state index in [9.17, 15) is 4.79 Å². The number of hydrogen-bond donors (Lipinski definition) is 1. The van der Waals surface area contributed by atoms with Crippen LogP contribution in [0.3, 0.4) is 0 Å². The van der Waals surface area contributed by atoms with E-state index < -0.39 is 0 Å². The normalized spacial score (nSPS) is 24.6. The summed E-state index contributed by atoms with van der Waals surface area (Å²) in [7, 11) is 0. The van der Waals surface area contributed by atoms with E-state index in [0.29, 0.717) is 24.1 Å². The average Bonchev–Trinajstić information content (AvgIpc) is 2.45. The highest BCUT2D eigenvalue weighted by molar-refractivity contribution is 6.30. The van der Waals surface area contributed by atoms with Gasteiger partial charge in [0, 0.05) is 30.7 Å². The first-order valence-corrected chi connectivity index (χ1v) is 7.44. The molecule has 2 unspecified atom stereocenters. The number of fused-ring (bicyclic) bond motifs is 1. The Bertz CT molecular complexity index is 524. The third-order valence-corrected chi connectivity index (χ3v) is 4.19. The monoisotopic (exact) mass is 330 g/mol. The van der Waals surface area contributed by atoms with Crippen LogP contribution in [-0.2, 0) is 11.2 Å². The summed E-state index contributed by atoms with van der Waals surface area (Å²) in [5.41, 5.74) is 1.03. The molecule has 21 heavy (non-hydrogen) atoms. The first-order chi connectivity index (χ1) is 9.63. The minimum atomic E-state index is -0.0914. The van der Waals surface area contributed by atoms with E-state index in [1.165, 1.54) is 0 Å². The van der Waals surface area contributed by atoms with Gasteiger partial charge in [-0.05, 0) is 37.1 Å². The average molecular weight is 331 g/mol. The van der Waals surface area contributed by atoms with Gasteiger partial charge in [-0.2, -0.15) is 0 Å². The number of benzene rings is 1. The van der Waals surface area contributed by atoms with Gasteiger partial charge in [0.1, 0.15) is 12.4 Å². The van der Waals surface area contributed by atoms with Crippen molar-refractivity contribution in [2.75, 3.05) is 26.2 Å². The lowest BCUT2D eigenvalue weighted by Crippen LogP contribution is -2.53. The number of ether oxygens (including phenoxy) is 1. The number of rotatable bonds is 1. The number of piperazine rings is 1. The van der Waals surface area contributed by atoms with Gasteiger partial charge < -0.3 is 15.0 Å². The summed E-state index contributed by atoms with van der Waals surface area (Å²) >= 11 is 6.01. The number of nitrogens with one attached hydrogen (secondary N) is 1. The topological polar surface area (TPSA) is 41.6 Å². The minimum absolute atomic E-state index is 0. The maximum absolute atomic E-state index is 12.6. The van der Waals surface area contributed by atoms with Crippen molar-refractivity contribution in [2.24, 2.45) is 5.92 Å². The van der Waals surface area contributed by atoms with Crippen molar-refractivity contribution >= 4 is 29.9 Å². The van der Waals surface area contributed by atoms with Crippen LogP contribution >= 0.6 is 24.0 Å². The second kappa shape index (κ2) is 6.86. The van der Waals surface area contributed by atoms with E-state index in [0.717, 1.165) is 30.9 Å². The Kier molecular flexibility index (Phi) is 5.36. The van der Waals surface area contributed by atoms with Crippen LogP contribution in [0.4, 0.5) is 0 Å². The van der Waals surface area contributed by atoms with Crippen molar-refractivity contribution < 1.29 is 9.53 Å². The van der Waals surface area contributed by atoms with Crippen LogP contribution in [0.5, 0.6) is 5.75 Å². The Balaban J connectivity index is 0.00000161. The molecule has 1 N–H and O–H groups in total. The Labute approximate surface area is 136 Å². The molecule has 4 nitrogen and oxygen atoms in total. The molecule has 0 aromatic heterocycles. The van der Waals surface area contributed by atoms with Crippen LogP contribution in [-0.4, -0.2) is 43.1 Å². The molecule has 0 aliphatic carbocycles. The highest BCUT2D eigenvalue weighted by atomic mass is 35.5. The molecule has 1 aromatic carbocycles. The molecule has 2 atom stereocenters. The van der Waals surface area contributed by atoms with Crippen LogP contribution in [0.1, 0.15) is 12.5 Å². The van der Waals surface area contributed by atoms with Crippen LogP contribution < -0.4 is 10.1 Å². The summed E-state index contributed by atoms with van der Waals surface area (Å²) in [6.07, 6.45) is 0.715. The molecule has 3 rings (SSSR count). The third-order valence-electron chi connectivity index (χ3n) is 3.96. The van der Waals surface area contributed by atoms with E-state index in [-0.39, 0.29) is 24.2 Å². The molecule has 2 heterocycles. The van der Waals surface area contributed by atoms with Crippen molar-refractivity contribution in [3.63, 3.8) is 0 Å². The molecular weight excluding hydrogens is 311 g/mol. The van der Waals surface area contributed by atoms with E-state index in [2.05, 4.69) is 12.2 Å². The Morgan fingerprint density at radius 3 is 3.05 bits per heavy atom. The highest BCUT2D eigenvalue weighted by Gasteiger charge is 2.31. The molecule has 1 fully saturated rings. The van der Waals surface area contributed by atoms with Crippen molar-refractivity contribution in [3.8, 4) is 5.75 Å². The summed E-state index contributed by atoms with van der Waals surface area (Å²) in [4.78, 5) is 14.5. The molecule has 0 spiro atoms. The molecule has 0 bridgehead atoms. The van der Waals surface area contributed by atoms with Crippen molar-refractivity contribution in [2.45, 2.75) is 19.4 Å². The molecular formula is C15H20Cl2N2O2. The lowest BCUT2D eigenvalue weighted by atomic mass is 9.95. The first-order valence-electron chi connectivity index (χ1n) is 7.07. The van der Waals surface area contributed by atoms with Crippen LogP contribution in [0.2, 0.25) is 5.02 Å². The van der Waals surface area contributed by atoms with Gasteiger partial charge in [-0.1, -0.05) is 11.6 Å². The molecule has 1 aromatic rings. The molecule has 0 saturated carbocycles. The van der Waals surface area contributed by atoms with Gasteiger partial charge in [0.2, 0.25) is 5.91 Å². The quantitative estimate of drug-likeness (QED) is 0.857. The standard InChI is InChI=1S/C15H19ClN2O2.ClH/c1-10-8-18(5-4-17-10)15(19)12-6-11-7-13(16)2-3-14(11)20-9-12;/h2-3,7,10,12,17H,4-6,8-9H2,1H3;1H. The lowest BCUT2D eigenvalue weighted by molar-refractivity contribution is -0.138. The fourth-order valence-electron chi connectivity index (χ4n) is 2.91. The van der Waals surface area contributed by atoms with E-state index in [1.54, 1.807) is 0 Å². The molecule has 6 heteroatoms. The SMILES string of the molecule is CC1CN(C(=O)C2COc3ccc(Cl)cc3C2)CCN1.Cl. The molecule has 2 aliphatic rings. The number of hydrogen-bond acceptors (Lipinski definition) is 3. The first kappa shape index (κ1) is 16.4. The summed E-state index contributed by atoms with van der Waals surface area (Å²) in [6, 6.07) is 5.96. The van der Waals surface area contributed by atoms with Gasteiger partial charge in [-0.3, -0.25) is 4.79 Å². The fourth-order valence-corrected chi connectivity index (χ4v) is 3.11. The van der Waals surface area contributed by atoms with Crippen LogP contribution in [0.15, 0.2) is 18.2 Å². The number of carbonyl (C=O) groups excluding carboxylic acids is 1. The summed E-state index contributed by atoms with van der Waals surface area (Å²) < 4.78 is 5.71. The number of amides is 1. The predicted molar refractivity (Wildman–Crippen MR) is 85.4 cm³/mol. The zero-order valence-electron chi connectivity index (χ0n) is 12.0. The molecule has 0 radical (unpaired) electrons. The van der Waals surface area contributed by atoms with E-state index >= 15 is 0 Å². The summed E-state index contributed by atoms with van der Waals surface area (Å²) in [5, 5.41) is 4.04. The minimum Gasteiger partial charge on any atom is -0.492 e. The Morgan fingerprint density at radius 1 is 1.48 bits per heavy atom. The number of carbonyl (C=O) groups is 1. The molecule has 116 valence electrons. The lowest BCUT2D eigenvalue weighted by Gasteiger charge is -2.35. The molecule has 1 saturated heterocycles. The zero-order valence-corrected chi connectivity index (χ0v) is 13.5. The van der Waals surface area contributed by atoms with E-state index in [4.69, 9.17) is 16.3 Å². The number of nitrogens with zero attached hydrogens (tertiary/aromatic N) is 1. The maximum Gasteiger partial charge on any atom is 0.229 e. The Hall–Kier alpha value is -0.970. The predicted octanol–water partition coefficient (Wildman–Crippen LogP) is 2.13. The number of halogens is 2. The van der Waals surface area contributed by atoms with Crippen molar-refractivity contribution in [1.82, 2.24) is 10.2 Å². The Morgan fingerprint density at radius 2 is 2.29 bits per heavy atom. The van der Waals surface area contributed by atoms with Crippen LogP contribution in [0.25, 0.3) is 0 Å². The molecule has 2 aliphatic heterocycles. The highest BCUT2D eigenvalue weighted by Crippen LogP contribution is 2.30. The summed E-state index contributed by atoms with van der Waals surface area (Å²) in [6.45, 7) is 4.99. The second-order valence-corrected chi connectivity index (χ2v) is 6.04. The molecule has 1 amide bonds. The maximum atomic E-state index is 12.6. The van der Waals surface area contributed by atoms with Crippen molar-refractivity contribution in [3.05, 3.63) is 28.8 Å². The van der Waals surface area contributed by atoms with Gasteiger partial charge in [-0.25, -0.2) is 0 Å². The summed E-state index contributed by atoms with van der Waals surface area (Å²) in [5.74, 6) is 0.961. The van der Waals surface area contributed by atoms with Crippen molar-refractivity contribution in [1.29, 1.82) is 0 Å². The van der Waals surface area contributed by atoms with Gasteiger partial charge in [0.05, 0.1) is 5.92 Å². The van der Waals surface area contributed by atoms with Gasteiger partial charge in [0.15, 0.2) is 0 Å². The van der Waals surface area contributed by atoms with E-state index in [1.807, 2.05) is 23.1 Å². The second-order valence-electron chi connectivity index (χ2n) is 5.60. The largest absolute Gasteiger partial charge is 0.492 e.